The van der Waals surface area contributed by atoms with Gasteiger partial charge >= 0.3 is 0 Å². The fraction of sp³-hybridized carbons (Fsp3) is 0. The Kier molecular flexibility index (Phi) is 4.35. The molecule has 0 amide bonds. The monoisotopic (exact) mass is 348 g/mol. The molecule has 0 N–H and O–H groups in total. The highest BCUT2D eigenvalue weighted by Gasteiger charge is 2.22. The van der Waals surface area contributed by atoms with Crippen molar-refractivity contribution in [2.75, 3.05) is 0 Å². The van der Waals surface area contributed by atoms with Gasteiger partial charge in [0.1, 0.15) is 0 Å². The number of hydrogen-bond donors (Lipinski definition) is 0. The molecule has 0 aliphatic rings. The van der Waals surface area contributed by atoms with Crippen molar-refractivity contribution in [3.63, 3.8) is 0 Å². The lowest BCUT2D eigenvalue weighted by molar-refractivity contribution is 0.108. The van der Waals surface area contributed by atoms with Gasteiger partial charge in [-0.3, -0.25) is 4.79 Å². The topological polar surface area (TPSA) is 34.1 Å². The van der Waals surface area contributed by atoms with E-state index >= 15 is 0 Å². The molecule has 0 radical (unpaired) electrons. The summed E-state index contributed by atoms with van der Waals surface area (Å²) in [5.41, 5.74) is -0.389. The lowest BCUT2D eigenvalue weighted by Crippen LogP contribution is -2.06. The fourth-order valence-electron chi connectivity index (χ4n) is 2.37. The average molecular weight is 349 g/mol. The number of halogens is 2. The molecule has 3 aromatic carbocycles. The third kappa shape index (κ3) is 2.70. The zero-order valence-electron chi connectivity index (χ0n) is 11.3. The summed E-state index contributed by atoms with van der Waals surface area (Å²) < 4.78 is 12.8. The molecule has 0 aliphatic heterocycles. The van der Waals surface area contributed by atoms with E-state index in [9.17, 15) is 9.36 Å². The average Bonchev–Trinajstić information content (AvgIpc) is 2.53. The van der Waals surface area contributed by atoms with E-state index in [1.807, 2.05) is 30.3 Å². The normalized spacial score (nSPS) is 12.3. The second-order valence-electron chi connectivity index (χ2n) is 4.78. The van der Waals surface area contributed by atoms with Crippen LogP contribution >= 0.6 is 31.0 Å². The largest absolute Gasteiger partial charge is 0.313 e. The van der Waals surface area contributed by atoms with Crippen molar-refractivity contribution in [3.05, 3.63) is 76.3 Å². The van der Waals surface area contributed by atoms with Gasteiger partial charge in [-0.15, -0.1) is 0 Å². The number of rotatable bonds is 3. The van der Waals surface area contributed by atoms with Crippen LogP contribution in [0, 0.1) is 0 Å². The minimum Gasteiger partial charge on any atom is -0.313 e. The molecule has 0 fully saturated rings. The lowest BCUT2D eigenvalue weighted by Gasteiger charge is -2.08. The fourth-order valence-corrected chi connectivity index (χ4v) is 4.56. The molecule has 2 nitrogen and oxygen atoms in total. The summed E-state index contributed by atoms with van der Waals surface area (Å²) in [5.74, 6) is 0. The molecular formula is C17H11Cl2O2P. The van der Waals surface area contributed by atoms with Crippen LogP contribution < -0.4 is 5.30 Å². The summed E-state index contributed by atoms with van der Waals surface area (Å²) >= 11 is 12.1. The van der Waals surface area contributed by atoms with E-state index in [-0.39, 0.29) is 15.6 Å². The van der Waals surface area contributed by atoms with E-state index in [2.05, 4.69) is 0 Å². The highest BCUT2D eigenvalue weighted by atomic mass is 35.5. The molecule has 110 valence electrons. The molecule has 0 heterocycles. The maximum absolute atomic E-state index is 12.8. The minimum atomic E-state index is -2.72. The number of carbonyl (C=O) groups is 1. The van der Waals surface area contributed by atoms with Gasteiger partial charge in [0.25, 0.3) is 0 Å². The summed E-state index contributed by atoms with van der Waals surface area (Å²) in [6.45, 7) is 0. The third-order valence-corrected chi connectivity index (χ3v) is 5.65. The molecule has 0 aliphatic carbocycles. The van der Waals surface area contributed by atoms with Gasteiger partial charge in [0.05, 0.1) is 15.6 Å². The zero-order valence-corrected chi connectivity index (χ0v) is 13.9. The predicted octanol–water partition coefficient (Wildman–Crippen LogP) is 5.17. The first-order valence-corrected chi connectivity index (χ1v) is 8.77. The Balaban J connectivity index is 2.12. The quantitative estimate of drug-likeness (QED) is 0.611. The van der Waals surface area contributed by atoms with Gasteiger partial charge in [-0.2, -0.15) is 0 Å². The lowest BCUT2D eigenvalue weighted by atomic mass is 10.1. The van der Waals surface area contributed by atoms with Gasteiger partial charge in [0.2, 0.25) is 5.52 Å². The number of carbonyl (C=O) groups excluding carboxylic acids is 1. The molecule has 5 heteroatoms. The van der Waals surface area contributed by atoms with Crippen molar-refractivity contribution in [2.24, 2.45) is 0 Å². The van der Waals surface area contributed by atoms with Gasteiger partial charge < -0.3 is 4.57 Å². The van der Waals surface area contributed by atoms with Gasteiger partial charge in [-0.25, -0.2) is 0 Å². The second kappa shape index (κ2) is 6.26. The maximum atomic E-state index is 12.8. The molecule has 0 spiro atoms. The Hall–Kier alpha value is -1.60. The SMILES string of the molecule is O=C(c1c(Cl)cccc1Cl)[PH](=O)c1cccc2ccccc12. The summed E-state index contributed by atoms with van der Waals surface area (Å²) in [6.07, 6.45) is 0. The van der Waals surface area contributed by atoms with Crippen LogP contribution in [0.15, 0.2) is 60.7 Å². The Labute approximate surface area is 138 Å². The van der Waals surface area contributed by atoms with Crippen molar-refractivity contribution in [3.8, 4) is 0 Å². The molecule has 1 atom stereocenters. The standard InChI is InChI=1S/C17H11Cl2O2P/c18-13-8-4-9-14(19)16(13)17(20)22(21)15-10-3-6-11-5-1-2-7-12(11)15/h1-10,22H. The molecule has 3 rings (SSSR count). The Morgan fingerprint density at radius 2 is 1.41 bits per heavy atom. The Bertz CT molecular complexity index is 881. The van der Waals surface area contributed by atoms with E-state index in [0.29, 0.717) is 5.30 Å². The summed E-state index contributed by atoms with van der Waals surface area (Å²) in [5, 5.41) is 2.72. The number of hydrogen-bond acceptors (Lipinski definition) is 2. The van der Waals surface area contributed by atoms with Crippen LogP contribution in [-0.2, 0) is 4.57 Å². The van der Waals surface area contributed by atoms with Crippen LogP contribution in [0.25, 0.3) is 10.8 Å². The number of benzene rings is 3. The van der Waals surface area contributed by atoms with Crippen LogP contribution in [-0.4, -0.2) is 5.52 Å². The highest BCUT2D eigenvalue weighted by molar-refractivity contribution is 7.72. The third-order valence-electron chi connectivity index (χ3n) is 3.43. The molecule has 0 saturated carbocycles. The molecule has 0 saturated heterocycles. The summed E-state index contributed by atoms with van der Waals surface area (Å²) in [4.78, 5) is 12.6. The van der Waals surface area contributed by atoms with E-state index < -0.39 is 13.3 Å². The Morgan fingerprint density at radius 3 is 2.14 bits per heavy atom. The first-order valence-electron chi connectivity index (χ1n) is 6.60. The molecule has 1 unspecified atom stereocenters. The maximum Gasteiger partial charge on any atom is 0.225 e. The van der Waals surface area contributed by atoms with Gasteiger partial charge in [0.15, 0.2) is 7.80 Å². The van der Waals surface area contributed by atoms with Crippen LogP contribution in [0.3, 0.4) is 0 Å². The van der Waals surface area contributed by atoms with E-state index in [0.717, 1.165) is 10.8 Å². The van der Waals surface area contributed by atoms with E-state index in [1.54, 1.807) is 30.3 Å². The molecule has 22 heavy (non-hydrogen) atoms. The molecule has 3 aromatic rings. The first-order chi connectivity index (χ1) is 10.6. The van der Waals surface area contributed by atoms with E-state index in [1.165, 1.54) is 0 Å². The predicted molar refractivity (Wildman–Crippen MR) is 93.4 cm³/mol. The Morgan fingerprint density at radius 1 is 0.818 bits per heavy atom. The highest BCUT2D eigenvalue weighted by Crippen LogP contribution is 2.35. The molecular weight excluding hydrogens is 338 g/mol. The van der Waals surface area contributed by atoms with E-state index in [4.69, 9.17) is 23.2 Å². The van der Waals surface area contributed by atoms with Gasteiger partial charge in [-0.1, -0.05) is 71.7 Å². The smallest absolute Gasteiger partial charge is 0.225 e. The zero-order chi connectivity index (χ0) is 15.7. The second-order valence-corrected chi connectivity index (χ2v) is 7.25. The van der Waals surface area contributed by atoms with Crippen LogP contribution in [0.5, 0.6) is 0 Å². The van der Waals surface area contributed by atoms with Crippen molar-refractivity contribution >= 4 is 52.6 Å². The summed E-state index contributed by atoms with van der Waals surface area (Å²) in [7, 11) is -2.72. The first kappa shape index (κ1) is 15.3. The van der Waals surface area contributed by atoms with Crippen molar-refractivity contribution in [1.82, 2.24) is 0 Å². The molecule has 0 bridgehead atoms. The summed E-state index contributed by atoms with van der Waals surface area (Å²) in [6, 6.07) is 17.7. The van der Waals surface area contributed by atoms with Crippen molar-refractivity contribution in [2.45, 2.75) is 0 Å². The van der Waals surface area contributed by atoms with Crippen molar-refractivity contribution in [1.29, 1.82) is 0 Å². The van der Waals surface area contributed by atoms with Gasteiger partial charge in [-0.05, 0) is 22.9 Å². The number of fused-ring (bicyclic) bond motifs is 1. The van der Waals surface area contributed by atoms with Crippen LogP contribution in [0.1, 0.15) is 10.4 Å². The minimum absolute atomic E-state index is 0.127. The molecule has 0 aromatic heterocycles. The van der Waals surface area contributed by atoms with Crippen LogP contribution in [0.2, 0.25) is 10.0 Å². The van der Waals surface area contributed by atoms with Crippen LogP contribution in [0.4, 0.5) is 0 Å². The van der Waals surface area contributed by atoms with Gasteiger partial charge in [0, 0.05) is 5.30 Å². The van der Waals surface area contributed by atoms with Crippen molar-refractivity contribution < 1.29 is 9.36 Å².